The molecule has 3 aliphatic rings. The molecule has 10 rings (SSSR count). The number of carbonyl (C=O) groups excluding carboxylic acids is 17. The molecule has 4 aromatic carbocycles. The van der Waals surface area contributed by atoms with Gasteiger partial charge >= 0.3 is 5.97 Å². The Bertz CT molecular complexity index is 5810. The molecule has 44 nitrogen and oxygen atoms in total. The van der Waals surface area contributed by atoms with Crippen LogP contribution in [0.3, 0.4) is 0 Å². The van der Waals surface area contributed by atoms with Gasteiger partial charge in [0.1, 0.15) is 96.9 Å². The smallest absolute Gasteiger partial charge is 0.323 e. The summed E-state index contributed by atoms with van der Waals surface area (Å²) in [5.74, 6) is -18.8. The zero-order valence-electron chi connectivity index (χ0n) is 83.4. The van der Waals surface area contributed by atoms with Crippen LogP contribution in [-0.4, -0.2) is 322 Å². The number of nitrogens with one attached hydrogen (secondary N) is 12. The number of amides is 17. The number of carboxylic acids is 1. The maximum atomic E-state index is 16.1. The van der Waals surface area contributed by atoms with Gasteiger partial charge in [0.05, 0.1) is 35.9 Å². The molecule has 784 valence electrons. The van der Waals surface area contributed by atoms with Crippen LogP contribution < -0.4 is 75.7 Å². The first kappa shape index (κ1) is 113. The number of nitrogens with two attached hydrogens (primary N) is 3. The largest absolute Gasteiger partial charge is 0.508 e. The summed E-state index contributed by atoms with van der Waals surface area (Å²) in [4.78, 5) is 284. The third-order valence-electron chi connectivity index (χ3n) is 26.1. The average Bonchev–Trinajstić information content (AvgIpc) is 1.66. The van der Waals surface area contributed by atoms with Crippen molar-refractivity contribution >= 4 is 151 Å². The summed E-state index contributed by atoms with van der Waals surface area (Å²) in [6, 6.07) is 2.92. The number of carboxylic acid groups (broad SMARTS) is 1. The van der Waals surface area contributed by atoms with Crippen LogP contribution in [0.5, 0.6) is 5.75 Å². The van der Waals surface area contributed by atoms with Gasteiger partial charge in [-0.15, -0.1) is 11.8 Å². The Kier molecular flexibility index (Phi) is 41.5. The van der Waals surface area contributed by atoms with Crippen LogP contribution in [0.1, 0.15) is 154 Å². The van der Waals surface area contributed by atoms with Gasteiger partial charge in [0.15, 0.2) is 0 Å². The third kappa shape index (κ3) is 30.9. The summed E-state index contributed by atoms with van der Waals surface area (Å²) in [5.41, 5.74) is 21.5. The first-order valence-electron chi connectivity index (χ1n) is 49.0. The fourth-order valence-corrected chi connectivity index (χ4v) is 19.2. The lowest BCUT2D eigenvalue weighted by Gasteiger charge is -2.36. The second-order valence-corrected chi connectivity index (χ2v) is 39.1. The number of phenolic OH excluding ortho intramolecular Hbond substituents is 1. The van der Waals surface area contributed by atoms with Gasteiger partial charge in [0, 0.05) is 125 Å². The Hall–Kier alpha value is -14.2. The second kappa shape index (κ2) is 53.4. The number of phenols is 1. The Labute approximate surface area is 844 Å². The molecule has 0 aliphatic carbocycles. The molecule has 3 saturated heterocycles. The Morgan fingerprint density at radius 3 is 1.81 bits per heavy atom. The molecule has 0 unspecified atom stereocenters. The van der Waals surface area contributed by atoms with E-state index in [1.54, 1.807) is 101 Å². The van der Waals surface area contributed by atoms with Crippen molar-refractivity contribution in [2.45, 2.75) is 255 Å². The Balaban J connectivity index is 1.05. The van der Waals surface area contributed by atoms with E-state index in [1.165, 1.54) is 80.4 Å². The number of thioether (sulfide) groups is 1. The molecule has 7 aromatic rings. The molecule has 0 spiro atoms. The number of hydrogen-bond donors (Lipinski definition) is 18. The molecule has 21 N–H and O–H groups in total. The number of aliphatic hydroxyl groups is 1. The number of aromatic hydroxyl groups is 1. The van der Waals surface area contributed by atoms with Gasteiger partial charge in [-0.1, -0.05) is 128 Å². The fraction of sp³-hybridized carbons (Fsp3) is 0.520. The van der Waals surface area contributed by atoms with E-state index in [2.05, 4.69) is 73.4 Å². The van der Waals surface area contributed by atoms with Crippen molar-refractivity contribution in [1.82, 2.24) is 103 Å². The minimum Gasteiger partial charge on any atom is -0.508 e. The molecule has 17 amide bonds. The quantitative estimate of drug-likeness (QED) is 0.0282. The van der Waals surface area contributed by atoms with Gasteiger partial charge in [-0.25, -0.2) is 0 Å². The predicted molar refractivity (Wildman–Crippen MR) is 537 cm³/mol. The molecule has 3 aliphatic heterocycles. The van der Waals surface area contributed by atoms with E-state index in [0.717, 1.165) is 31.4 Å². The number of likely N-dealkylation sites (N-methyl/N-ethyl adjacent to an activating group) is 3. The molecule has 3 aromatic heterocycles. The van der Waals surface area contributed by atoms with E-state index in [-0.39, 0.29) is 102 Å². The number of hydrogen-bond acceptors (Lipinski definition) is 25. The highest BCUT2D eigenvalue weighted by molar-refractivity contribution is 8.00. The van der Waals surface area contributed by atoms with Crippen LogP contribution in [0, 0.1) is 11.8 Å². The van der Waals surface area contributed by atoms with Crippen LogP contribution in [0.4, 0.5) is 0 Å². The number of rotatable bonds is 29. The lowest BCUT2D eigenvalue weighted by molar-refractivity contribution is -0.149. The van der Waals surface area contributed by atoms with Crippen LogP contribution in [0.15, 0.2) is 116 Å². The lowest BCUT2D eigenvalue weighted by Crippen LogP contribution is -2.62. The van der Waals surface area contributed by atoms with Crippen molar-refractivity contribution in [3.8, 4) is 5.75 Å². The van der Waals surface area contributed by atoms with E-state index in [1.807, 2.05) is 13.8 Å². The van der Waals surface area contributed by atoms with Gasteiger partial charge in [0.25, 0.3) is 0 Å². The van der Waals surface area contributed by atoms with Crippen molar-refractivity contribution in [3.05, 3.63) is 138 Å². The van der Waals surface area contributed by atoms with Crippen LogP contribution in [-0.2, 0) is 119 Å². The lowest BCUT2D eigenvalue weighted by atomic mass is 9.99. The number of fused-ring (bicyclic) bond motifs is 5. The highest BCUT2D eigenvalue weighted by Gasteiger charge is 2.47. The van der Waals surface area contributed by atoms with Crippen LogP contribution in [0.25, 0.3) is 32.8 Å². The highest BCUT2D eigenvalue weighted by atomic mass is 32.2. The van der Waals surface area contributed by atoms with Crippen molar-refractivity contribution < 1.29 is 102 Å². The van der Waals surface area contributed by atoms with E-state index in [9.17, 15) is 53.7 Å². The first-order valence-corrected chi connectivity index (χ1v) is 50.2. The van der Waals surface area contributed by atoms with Gasteiger partial charge in [-0.05, 0) is 123 Å². The number of aromatic amines is 1. The van der Waals surface area contributed by atoms with Crippen molar-refractivity contribution in [3.63, 3.8) is 0 Å². The number of carbonyl (C=O) groups is 18. The number of unbranched alkanes of at least 4 members (excludes halogenated alkanes) is 2. The normalized spacial score (nSPS) is 24.0. The predicted octanol–water partition coefficient (Wildman–Crippen LogP) is -0.464. The maximum Gasteiger partial charge on any atom is 0.323 e. The fourth-order valence-electron chi connectivity index (χ4n) is 18.3. The molecule has 3 fully saturated rings. The molecule has 0 radical (unpaired) electrons. The van der Waals surface area contributed by atoms with Crippen LogP contribution in [0.2, 0.25) is 0 Å². The van der Waals surface area contributed by atoms with Gasteiger partial charge in [-0.3, -0.25) is 96.3 Å². The van der Waals surface area contributed by atoms with Crippen molar-refractivity contribution in [2.24, 2.45) is 29.0 Å². The summed E-state index contributed by atoms with van der Waals surface area (Å²) in [5, 5.41) is 63.5. The highest BCUT2D eigenvalue weighted by Crippen LogP contribution is 2.30. The Morgan fingerprint density at radius 2 is 1.13 bits per heavy atom. The number of nitrogens with zero attached hydrogens (tertiary/aromatic N) is 8. The molecule has 0 saturated carbocycles. The maximum absolute atomic E-state index is 16.1. The summed E-state index contributed by atoms with van der Waals surface area (Å²) in [7, 11) is 3.93. The monoisotopic (exact) mass is 2030 g/mol. The van der Waals surface area contributed by atoms with Crippen molar-refractivity contribution in [1.29, 1.82) is 0 Å². The van der Waals surface area contributed by atoms with Gasteiger partial charge in [0.2, 0.25) is 100 Å². The van der Waals surface area contributed by atoms with Gasteiger partial charge < -0.3 is 125 Å². The third-order valence-corrected chi connectivity index (χ3v) is 27.1. The summed E-state index contributed by atoms with van der Waals surface area (Å²) in [6.45, 7) is 9.51. The second-order valence-electron chi connectivity index (χ2n) is 38.0. The van der Waals surface area contributed by atoms with E-state index in [4.69, 9.17) is 17.2 Å². The molecule has 45 heteroatoms. The molecular weight excluding hydrogens is 1890 g/mol. The Morgan fingerprint density at radius 1 is 0.552 bits per heavy atom. The zero-order valence-corrected chi connectivity index (χ0v) is 84.2. The molecular formula is C100H137N23O21S. The minimum atomic E-state index is -1.80. The first-order chi connectivity index (χ1) is 69.1. The summed E-state index contributed by atoms with van der Waals surface area (Å²) in [6.07, 6.45) is 3.80. The standard InChI is InChI=1S/C100H137N23O21S/c1-11-13-26-78-93(137)111-69(39-55(3)4)90(134)117-76(88(132)108-49-83(103)127)53-145-54-84(128)109-72(41-58-30-32-62(124)33-31-58)96(140)118(8)57(7)87(131)113-74(45-82(102)126)98(142)122-38-20-29-79(122)94(138)116-75(48-104-46-59-21-19-25-67-86(59)106-37-36-105-67)92(136)114-71(40-56(5)6)99(143)123-51-63(125)44-81(123)95(139)112-70(42-60-47-107-66-24-17-15-22-64(60)66)91(135)110-68(34-35-101)89(133)115-73(97(141)120(10)80(27-14-12-2)100(144)119(78)9)43-61-50-121(52-85(129)130)77-28-18-16-23-65(61)77/h15-19,21-25,28,30-33,36-37,47,50,55-57,63,68-76,78-81,104,107,124-125H,11-14,20,26-27,29,34-35,38-46,48-49,51-54,101H2,1-10H3,(H2,102,126)(H2,103,127)(H,108,132)(H,109,128)(H,110,135)(H,111,137)(H,112,139)(H,113,131)(H,114,136)(H,115,133)(H,116,138)(H,117,134)(H,129,130)/t57-,63+,68-,69-,70-,71-,72-,73-,74-,75-,76-,78-,79-,80-,81-/m0/s1. The SMILES string of the molecule is CCCC[C@H]1C(=O)N(C)[C@@H](CCCC)C(=O)N[C@@H](CC(C)C)C(=O)N[C@H](C(=O)NCC(N)=O)CSCC(=O)N[C@@H](Cc2ccc(O)cc2)C(=O)N(C)[C@@H](C)C(=O)N[C@@H](CC(N)=O)C(=O)N2CCC[C@H]2C(=O)N[C@@H](CNCc2cccc3nccnc23)C(=O)N[C@@H](CC(C)C)C(=O)N2C[C@H](O)C[C@H]2C(=O)N[C@@H](Cc2c[nH]c3ccccc23)C(=O)N[C@@H](CCN)C(=O)N[C@@H](Cc2cn(CC(=O)O)c3ccccc23)C(=O)N1C. The molecule has 0 bridgehead atoms. The van der Waals surface area contributed by atoms with Gasteiger partial charge in [-0.2, -0.15) is 0 Å². The van der Waals surface area contributed by atoms with E-state index in [0.29, 0.717) is 80.8 Å². The minimum absolute atomic E-state index is 0.00206. The number of H-pyrrole nitrogens is 1. The summed E-state index contributed by atoms with van der Waals surface area (Å²) < 4.78 is 1.44. The molecule has 15 atom stereocenters. The number of para-hydroxylation sites is 3. The van der Waals surface area contributed by atoms with Crippen molar-refractivity contribution in [2.75, 3.05) is 65.4 Å². The number of aromatic nitrogens is 4. The summed E-state index contributed by atoms with van der Waals surface area (Å²) >= 11 is 0.785. The van der Waals surface area contributed by atoms with Crippen LogP contribution >= 0.6 is 11.8 Å². The van der Waals surface area contributed by atoms with E-state index < -0.39 is 247 Å². The molecule has 6 heterocycles. The number of aliphatic hydroxyl groups excluding tert-OH is 1. The van der Waals surface area contributed by atoms with E-state index >= 15 is 47.9 Å². The number of benzene rings is 4. The number of primary amides is 2. The number of aliphatic carboxylic acids is 1. The topological polar surface area (TPSA) is 641 Å². The average molecular weight is 2030 g/mol. The zero-order chi connectivity index (χ0) is 106. The molecule has 145 heavy (non-hydrogen) atoms.